The van der Waals surface area contributed by atoms with Crippen molar-refractivity contribution in [2.75, 3.05) is 6.54 Å². The smallest absolute Gasteiger partial charge is 0.220 e. The van der Waals surface area contributed by atoms with Crippen molar-refractivity contribution in [3.05, 3.63) is 0 Å². The maximum atomic E-state index is 11.9. The molecular formula is C15H30N2O. The lowest BCUT2D eigenvalue weighted by Gasteiger charge is -2.19. The number of carbonyl (C=O) groups is 1. The van der Waals surface area contributed by atoms with Crippen molar-refractivity contribution in [1.29, 1.82) is 0 Å². The molecule has 0 heterocycles. The number of carbonyl (C=O) groups excluding carboxylic acids is 1. The lowest BCUT2D eigenvalue weighted by molar-refractivity contribution is -0.122. The molecule has 0 aromatic heterocycles. The van der Waals surface area contributed by atoms with E-state index in [1.54, 1.807) is 0 Å². The first kappa shape index (κ1) is 15.5. The van der Waals surface area contributed by atoms with Crippen LogP contribution in [0.15, 0.2) is 0 Å². The summed E-state index contributed by atoms with van der Waals surface area (Å²) in [5, 5.41) is 3.20. The topological polar surface area (TPSA) is 55.1 Å². The third-order valence-electron chi connectivity index (χ3n) is 4.26. The van der Waals surface area contributed by atoms with Crippen LogP contribution in [0, 0.1) is 11.8 Å². The molecule has 3 N–H and O–H groups in total. The second kappa shape index (κ2) is 8.52. The zero-order valence-electron chi connectivity index (χ0n) is 12.1. The van der Waals surface area contributed by atoms with E-state index in [2.05, 4.69) is 19.2 Å². The molecule has 0 bridgehead atoms. The Morgan fingerprint density at radius 2 is 2.11 bits per heavy atom. The van der Waals surface area contributed by atoms with Gasteiger partial charge in [-0.15, -0.1) is 0 Å². The quantitative estimate of drug-likeness (QED) is 0.700. The zero-order valence-corrected chi connectivity index (χ0v) is 12.1. The number of hydrogen-bond donors (Lipinski definition) is 2. The zero-order chi connectivity index (χ0) is 13.4. The summed E-state index contributed by atoms with van der Waals surface area (Å²) in [5.74, 6) is 1.53. The number of amides is 1. The highest BCUT2D eigenvalue weighted by atomic mass is 16.1. The Bertz CT molecular complexity index is 237. The Labute approximate surface area is 112 Å². The summed E-state index contributed by atoms with van der Waals surface area (Å²) in [6.07, 6.45) is 8.80. The predicted molar refractivity (Wildman–Crippen MR) is 76.2 cm³/mol. The van der Waals surface area contributed by atoms with Crippen LogP contribution in [-0.4, -0.2) is 18.5 Å². The molecule has 0 radical (unpaired) electrons. The average Bonchev–Trinajstić information content (AvgIpc) is 2.73. The van der Waals surface area contributed by atoms with Gasteiger partial charge in [-0.3, -0.25) is 4.79 Å². The number of hydrogen-bond acceptors (Lipinski definition) is 2. The molecule has 0 aromatic rings. The third kappa shape index (κ3) is 5.38. The molecule has 0 saturated heterocycles. The van der Waals surface area contributed by atoms with Crippen LogP contribution in [0.3, 0.4) is 0 Å². The summed E-state index contributed by atoms with van der Waals surface area (Å²) in [7, 11) is 0. The average molecular weight is 254 g/mol. The fourth-order valence-corrected chi connectivity index (χ4v) is 3.05. The molecule has 1 aliphatic carbocycles. The fourth-order valence-electron chi connectivity index (χ4n) is 3.05. The lowest BCUT2D eigenvalue weighted by atomic mass is 9.94. The predicted octanol–water partition coefficient (Wildman–Crippen LogP) is 2.84. The van der Waals surface area contributed by atoms with Gasteiger partial charge in [-0.05, 0) is 44.1 Å². The van der Waals surface area contributed by atoms with E-state index in [-0.39, 0.29) is 5.91 Å². The molecule has 1 fully saturated rings. The SMILES string of the molecule is CCCC(CCN)CCC(=O)NC1CCCC1C. The minimum Gasteiger partial charge on any atom is -0.353 e. The molecule has 0 spiro atoms. The Morgan fingerprint density at radius 3 is 2.67 bits per heavy atom. The Kier molecular flexibility index (Phi) is 7.33. The van der Waals surface area contributed by atoms with Gasteiger partial charge in [0.2, 0.25) is 5.91 Å². The monoisotopic (exact) mass is 254 g/mol. The third-order valence-corrected chi connectivity index (χ3v) is 4.26. The maximum absolute atomic E-state index is 11.9. The van der Waals surface area contributed by atoms with E-state index in [9.17, 15) is 4.79 Å². The summed E-state index contributed by atoms with van der Waals surface area (Å²) in [6, 6.07) is 0.427. The van der Waals surface area contributed by atoms with E-state index >= 15 is 0 Å². The molecule has 3 heteroatoms. The highest BCUT2D eigenvalue weighted by Crippen LogP contribution is 2.25. The number of rotatable bonds is 8. The standard InChI is InChI=1S/C15H30N2O/c1-3-5-13(10-11-16)8-9-15(18)17-14-7-4-6-12(14)2/h12-14H,3-11,16H2,1-2H3,(H,17,18). The second-order valence-corrected chi connectivity index (χ2v) is 5.85. The molecule has 1 aliphatic rings. The van der Waals surface area contributed by atoms with E-state index in [1.165, 1.54) is 25.7 Å². The Hall–Kier alpha value is -0.570. The van der Waals surface area contributed by atoms with E-state index in [0.717, 1.165) is 25.8 Å². The van der Waals surface area contributed by atoms with Gasteiger partial charge in [-0.2, -0.15) is 0 Å². The van der Waals surface area contributed by atoms with Gasteiger partial charge in [0.15, 0.2) is 0 Å². The van der Waals surface area contributed by atoms with E-state index in [4.69, 9.17) is 5.73 Å². The Balaban J connectivity index is 2.22. The summed E-state index contributed by atoms with van der Waals surface area (Å²) in [6.45, 7) is 5.18. The highest BCUT2D eigenvalue weighted by Gasteiger charge is 2.24. The van der Waals surface area contributed by atoms with E-state index in [0.29, 0.717) is 24.3 Å². The van der Waals surface area contributed by atoms with Crippen molar-refractivity contribution < 1.29 is 4.79 Å². The van der Waals surface area contributed by atoms with Crippen molar-refractivity contribution in [2.45, 2.75) is 71.3 Å². The molecule has 1 rings (SSSR count). The van der Waals surface area contributed by atoms with Crippen molar-refractivity contribution in [3.8, 4) is 0 Å². The molecular weight excluding hydrogens is 224 g/mol. The van der Waals surface area contributed by atoms with Gasteiger partial charge in [-0.25, -0.2) is 0 Å². The van der Waals surface area contributed by atoms with Crippen LogP contribution in [0.2, 0.25) is 0 Å². The van der Waals surface area contributed by atoms with Gasteiger partial charge in [-0.1, -0.05) is 33.1 Å². The van der Waals surface area contributed by atoms with Gasteiger partial charge in [0, 0.05) is 12.5 Å². The van der Waals surface area contributed by atoms with Crippen molar-refractivity contribution in [3.63, 3.8) is 0 Å². The van der Waals surface area contributed by atoms with E-state index < -0.39 is 0 Å². The molecule has 18 heavy (non-hydrogen) atoms. The van der Waals surface area contributed by atoms with Crippen LogP contribution in [0.5, 0.6) is 0 Å². The van der Waals surface area contributed by atoms with Crippen LogP contribution < -0.4 is 11.1 Å². The molecule has 3 nitrogen and oxygen atoms in total. The molecule has 0 aromatic carbocycles. The molecule has 3 unspecified atom stereocenters. The summed E-state index contributed by atoms with van der Waals surface area (Å²) in [5.41, 5.74) is 5.62. The normalized spacial score (nSPS) is 25.1. The maximum Gasteiger partial charge on any atom is 0.220 e. The van der Waals surface area contributed by atoms with Gasteiger partial charge >= 0.3 is 0 Å². The number of nitrogens with one attached hydrogen (secondary N) is 1. The first-order valence-corrected chi connectivity index (χ1v) is 7.66. The summed E-state index contributed by atoms with van der Waals surface area (Å²) in [4.78, 5) is 11.9. The summed E-state index contributed by atoms with van der Waals surface area (Å²) >= 11 is 0. The van der Waals surface area contributed by atoms with Crippen LogP contribution >= 0.6 is 0 Å². The van der Waals surface area contributed by atoms with Gasteiger partial charge in [0.25, 0.3) is 0 Å². The first-order valence-electron chi connectivity index (χ1n) is 7.66. The molecule has 106 valence electrons. The molecule has 1 amide bonds. The second-order valence-electron chi connectivity index (χ2n) is 5.85. The lowest BCUT2D eigenvalue weighted by Crippen LogP contribution is -2.36. The number of nitrogens with two attached hydrogens (primary N) is 1. The van der Waals surface area contributed by atoms with Gasteiger partial charge in [0.05, 0.1) is 0 Å². The van der Waals surface area contributed by atoms with Crippen molar-refractivity contribution in [1.82, 2.24) is 5.32 Å². The Morgan fingerprint density at radius 1 is 1.33 bits per heavy atom. The van der Waals surface area contributed by atoms with E-state index in [1.807, 2.05) is 0 Å². The minimum absolute atomic E-state index is 0.242. The van der Waals surface area contributed by atoms with Crippen LogP contribution in [0.4, 0.5) is 0 Å². The largest absolute Gasteiger partial charge is 0.353 e. The molecule has 3 atom stereocenters. The van der Waals surface area contributed by atoms with Crippen LogP contribution in [-0.2, 0) is 4.79 Å². The minimum atomic E-state index is 0.242. The van der Waals surface area contributed by atoms with Gasteiger partial charge in [0.1, 0.15) is 0 Å². The summed E-state index contributed by atoms with van der Waals surface area (Å²) < 4.78 is 0. The molecule has 1 saturated carbocycles. The highest BCUT2D eigenvalue weighted by molar-refractivity contribution is 5.76. The van der Waals surface area contributed by atoms with Crippen LogP contribution in [0.1, 0.15) is 65.2 Å². The fraction of sp³-hybridized carbons (Fsp3) is 0.933. The van der Waals surface area contributed by atoms with Gasteiger partial charge < -0.3 is 11.1 Å². The first-order chi connectivity index (χ1) is 8.67. The van der Waals surface area contributed by atoms with Crippen molar-refractivity contribution in [2.24, 2.45) is 17.6 Å². The van der Waals surface area contributed by atoms with Crippen molar-refractivity contribution >= 4 is 5.91 Å². The van der Waals surface area contributed by atoms with Crippen LogP contribution in [0.25, 0.3) is 0 Å². The molecule has 0 aliphatic heterocycles.